The van der Waals surface area contributed by atoms with Gasteiger partial charge in [-0.05, 0) is 211 Å². The number of carbonyl (C=O) groups excluding carboxylic acids is 7. The second kappa shape index (κ2) is 56.5. The van der Waals surface area contributed by atoms with E-state index in [1.165, 1.54) is 36.4 Å². The Morgan fingerprint density at radius 3 is 1.01 bits per heavy atom. The van der Waals surface area contributed by atoms with Gasteiger partial charge >= 0.3 is 48.4 Å². The number of Topliss-reactive ketones (excluding diaryl/α,β-unsaturated/α-hetero) is 1. The van der Waals surface area contributed by atoms with Crippen molar-refractivity contribution in [3.05, 3.63) is 161 Å². The average molecular weight is 1780 g/mol. The zero-order valence-electron chi connectivity index (χ0n) is 77.0. The Hall–Kier alpha value is -7.86. The van der Waals surface area contributed by atoms with E-state index in [1.54, 1.807) is 95.2 Å². The lowest BCUT2D eigenvalue weighted by atomic mass is 9.90. The summed E-state index contributed by atoms with van der Waals surface area (Å²) in [6, 6.07) is 28.2. The van der Waals surface area contributed by atoms with Crippen LogP contribution in [-0.2, 0) is 89.2 Å². The van der Waals surface area contributed by atoms with Gasteiger partial charge in [0.05, 0.1) is 30.6 Å². The van der Waals surface area contributed by atoms with Crippen LogP contribution in [0.5, 0.6) is 0 Å². The molecule has 5 atom stereocenters. The van der Waals surface area contributed by atoms with Gasteiger partial charge in [-0.15, -0.1) is 82.0 Å². The number of amides is 2. The smallest absolute Gasteiger partial charge is 0.480 e. The summed E-state index contributed by atoms with van der Waals surface area (Å²) in [5.74, 6) is -4.68. The summed E-state index contributed by atoms with van der Waals surface area (Å²) in [7, 11) is 0. The number of carbonyl (C=O) groups is 9. The number of nitrogens with one attached hydrogen (secondary N) is 2. The number of nitrogens with two attached hydrogens (primary N) is 2. The lowest BCUT2D eigenvalue weighted by Crippen LogP contribution is -2.45. The fourth-order valence-corrected chi connectivity index (χ4v) is 11.0. The van der Waals surface area contributed by atoms with Crippen molar-refractivity contribution >= 4 is 153 Å². The van der Waals surface area contributed by atoms with Crippen molar-refractivity contribution < 1.29 is 109 Å². The summed E-state index contributed by atoms with van der Waals surface area (Å²) in [4.78, 5) is 113. The number of alkyl halides is 6. The Bertz CT molecular complexity index is 4100. The number of hydrogen-bond donors (Lipinski definition) is 6. The SMILES string of the molecule is CC(C)(C)OC(=O)N[C@@H](Cc1ccc(N(CCCl)CCCl)cc1)C(=O)O.CC(C)(C)OC(=O)OC(=O)OC(C)(C)C.Cl.N[C@@H](Cc1ccc(N(CCCl)CCCl)cc1)C(=O)O.[2H]C([2H])([2H])C([2H])([2H])OC(=O)[C@@H](CC(=O)[C@H](Cc1ccc(N(CCCl)CCCl)cc1)NC(=O)OC(C)(C)C)Cc1ccc(F)cc1.[2H]C([2H])([2H])C([2H])([2H])OC(=O)[C@@H](N)Cc1ccc(F)cc1. The van der Waals surface area contributed by atoms with Gasteiger partial charge in [-0.2, -0.15) is 0 Å². The first kappa shape index (κ1) is 90.5. The zero-order valence-corrected chi connectivity index (χ0v) is 72.4. The van der Waals surface area contributed by atoms with Crippen molar-refractivity contribution in [2.24, 2.45) is 17.4 Å². The lowest BCUT2D eigenvalue weighted by Gasteiger charge is -2.25. The molecule has 5 aromatic carbocycles. The van der Waals surface area contributed by atoms with Crippen molar-refractivity contribution in [2.45, 2.75) is 182 Å². The predicted octanol–water partition coefficient (Wildman–Crippen LogP) is 15.9. The number of halogens is 9. The molecule has 8 N–H and O–H groups in total. The molecule has 0 saturated carbocycles. The van der Waals surface area contributed by atoms with Gasteiger partial charge in [0.25, 0.3) is 0 Å². The third kappa shape index (κ3) is 49.4. The van der Waals surface area contributed by atoms with Gasteiger partial charge < -0.3 is 80.2 Å². The first-order valence-corrected chi connectivity index (χ1v) is 39.3. The minimum absolute atomic E-state index is 0. The van der Waals surface area contributed by atoms with Crippen molar-refractivity contribution in [1.82, 2.24) is 10.6 Å². The molecular formula is C82H116Cl7F2N7O18. The van der Waals surface area contributed by atoms with Crippen LogP contribution in [0.2, 0.25) is 0 Å². The Labute approximate surface area is 731 Å². The van der Waals surface area contributed by atoms with Crippen LogP contribution in [-0.4, -0.2) is 199 Å². The summed E-state index contributed by atoms with van der Waals surface area (Å²) in [6.07, 6.45) is -4.01. The van der Waals surface area contributed by atoms with E-state index in [4.69, 9.17) is 124 Å². The Kier molecular flexibility index (Phi) is 44.1. The maximum atomic E-state index is 13.7. The fourth-order valence-electron chi connectivity index (χ4n) is 9.76. The summed E-state index contributed by atoms with van der Waals surface area (Å²) >= 11 is 35.0. The Morgan fingerprint density at radius 1 is 0.422 bits per heavy atom. The first-order valence-electron chi connectivity index (χ1n) is 41.1. The molecule has 0 radical (unpaired) electrons. The topological polar surface area (TPSA) is 345 Å². The number of ether oxygens (including phenoxy) is 7. The lowest BCUT2D eigenvalue weighted by molar-refractivity contribution is -0.149. The molecule has 0 aromatic heterocycles. The Balaban J connectivity index is 0.00000165. The van der Waals surface area contributed by atoms with E-state index in [1.807, 2.05) is 65.6 Å². The van der Waals surface area contributed by atoms with E-state index in [0.717, 1.165) is 53.4 Å². The fraction of sp³-hybridized carbons (Fsp3) is 0.524. The number of alkyl carbamates (subject to hydrolysis) is 2. The highest BCUT2D eigenvalue weighted by Crippen LogP contribution is 2.24. The molecule has 0 saturated heterocycles. The number of carboxylic acids is 2. The molecule has 0 aliphatic rings. The van der Waals surface area contributed by atoms with E-state index in [-0.39, 0.29) is 38.1 Å². The molecule has 0 heterocycles. The molecule has 5 rings (SSSR count). The molecule has 0 aliphatic carbocycles. The largest absolute Gasteiger partial charge is 0.519 e. The first-order chi connectivity index (χ1) is 57.6. The van der Waals surface area contributed by atoms with E-state index in [0.29, 0.717) is 84.6 Å². The minimum atomic E-state index is -3.33. The number of ketones is 1. The zero-order chi connectivity index (χ0) is 95.8. The number of aliphatic carboxylic acids is 2. The van der Waals surface area contributed by atoms with Crippen molar-refractivity contribution in [1.29, 1.82) is 0 Å². The van der Waals surface area contributed by atoms with Crippen LogP contribution in [0.4, 0.5) is 45.0 Å². The average Bonchev–Trinajstić information content (AvgIpc) is 0.828. The van der Waals surface area contributed by atoms with Crippen molar-refractivity contribution in [3.63, 3.8) is 0 Å². The third-order valence-corrected chi connectivity index (χ3v) is 15.9. The van der Waals surface area contributed by atoms with E-state index < -0.39 is 152 Å². The van der Waals surface area contributed by atoms with Gasteiger partial charge in [0.1, 0.15) is 52.2 Å². The third-order valence-electron chi connectivity index (χ3n) is 14.8. The molecule has 34 heteroatoms. The van der Waals surface area contributed by atoms with Crippen molar-refractivity contribution in [3.8, 4) is 0 Å². The van der Waals surface area contributed by atoms with E-state index in [2.05, 4.69) is 29.9 Å². The summed E-state index contributed by atoms with van der Waals surface area (Å²) in [5, 5.41) is 23.1. The van der Waals surface area contributed by atoms with Crippen LogP contribution >= 0.6 is 82.0 Å². The minimum Gasteiger partial charge on any atom is -0.480 e. The number of anilines is 3. The molecule has 2 amide bonds. The van der Waals surface area contributed by atoms with Gasteiger partial charge in [-0.25, -0.2) is 32.8 Å². The molecule has 0 aliphatic heterocycles. The van der Waals surface area contributed by atoms with E-state index >= 15 is 0 Å². The number of benzene rings is 5. The number of esters is 2. The van der Waals surface area contributed by atoms with Crippen LogP contribution in [0.25, 0.3) is 0 Å². The normalized spacial score (nSPS) is 14.0. The van der Waals surface area contributed by atoms with Crippen molar-refractivity contribution in [2.75, 3.05) is 102 Å². The molecule has 650 valence electrons. The standard InChI is InChI=1S/C30H39Cl2FN2O5.C18H26Cl2N2O4.C13H18Cl2N2O2.C11H14FNO2.C10H18O5.ClH/c1-5-39-28(37)23(18-21-6-10-24(33)11-7-21)20-27(36)26(34-29(38)40-30(2,3)4)19-22-8-12-25(13-9-22)35(16-14-31)17-15-32;1-18(2,3)26-17(25)21-15(16(23)24)12-13-4-6-14(7-5-13)22(10-8-19)11-9-20;14-5-7-17(8-6-15)11-3-1-10(2-4-11)9-12(16)13(18)19;1-2-15-11(14)10(13)7-8-3-5-9(12)6-4-8;1-9(2,3)14-7(11)13-8(12)15-10(4,5)6;/h6-13,23,26H,5,14-20H2,1-4H3,(H,34,38);4-7,15H,8-12H2,1-3H3,(H,21,25)(H,23,24);1-4,12H,5-9,16H2,(H,18,19);3-6,10H,2,7,13H2,1H3;1-6H3;1H/t23-,26+;15-;12-;10-;;/m1000../s1/i1D3,5D2;;;1D3,2D2;;. The molecule has 0 unspecified atom stereocenters. The summed E-state index contributed by atoms with van der Waals surface area (Å²) < 4.78 is 132. The number of rotatable bonds is 36. The van der Waals surface area contributed by atoms with Crippen LogP contribution in [0, 0.1) is 17.6 Å². The molecule has 0 bridgehead atoms. The van der Waals surface area contributed by atoms with Crippen LogP contribution in [0.3, 0.4) is 0 Å². The van der Waals surface area contributed by atoms with Crippen LogP contribution < -0.4 is 36.8 Å². The maximum absolute atomic E-state index is 13.7. The molecular weight excluding hydrogens is 1660 g/mol. The summed E-state index contributed by atoms with van der Waals surface area (Å²) in [6.45, 7) is 11.2. The predicted molar refractivity (Wildman–Crippen MR) is 456 cm³/mol. The van der Waals surface area contributed by atoms with Gasteiger partial charge in [0.2, 0.25) is 0 Å². The van der Waals surface area contributed by atoms with E-state index in [9.17, 15) is 57.0 Å². The molecule has 25 nitrogen and oxygen atoms in total. The highest BCUT2D eigenvalue weighted by Gasteiger charge is 2.32. The number of nitrogens with zero attached hydrogens (tertiary/aromatic N) is 3. The highest BCUT2D eigenvalue weighted by molar-refractivity contribution is 6.19. The molecule has 0 spiro atoms. The molecule has 116 heavy (non-hydrogen) atoms. The van der Waals surface area contributed by atoms with Crippen LogP contribution in [0.1, 0.15) is 145 Å². The van der Waals surface area contributed by atoms with Gasteiger partial charge in [0.15, 0.2) is 5.78 Å². The number of carboxylic acid groups (broad SMARTS) is 2. The second-order valence-electron chi connectivity index (χ2n) is 29.1. The second-order valence-corrected chi connectivity index (χ2v) is 31.4. The Morgan fingerprint density at radius 2 is 0.707 bits per heavy atom. The van der Waals surface area contributed by atoms with Crippen LogP contribution in [0.15, 0.2) is 121 Å². The number of hydrogen-bond acceptors (Lipinski definition) is 21. The van der Waals surface area contributed by atoms with Gasteiger partial charge in [0, 0.05) is 113 Å². The monoisotopic (exact) mass is 1780 g/mol. The quantitative estimate of drug-likeness (QED) is 0.00939. The maximum Gasteiger partial charge on any atom is 0.519 e. The summed E-state index contributed by atoms with van der Waals surface area (Å²) in [5.41, 5.74) is 14.2. The van der Waals surface area contributed by atoms with Gasteiger partial charge in [-0.1, -0.05) is 60.7 Å². The van der Waals surface area contributed by atoms with Gasteiger partial charge in [-0.3, -0.25) is 19.2 Å². The highest BCUT2D eigenvalue weighted by atomic mass is 35.5. The molecule has 5 aromatic rings. The molecule has 0 fully saturated rings.